The number of carbonyl (C=O) groups excluding carboxylic acids is 2. The number of nitrogens with zero attached hydrogens (tertiary/aromatic N) is 1. The van der Waals surface area contributed by atoms with E-state index in [9.17, 15) is 9.59 Å². The largest absolute Gasteiger partial charge is 0.494 e. The molecule has 0 saturated heterocycles. The van der Waals surface area contributed by atoms with Crippen molar-refractivity contribution in [1.29, 1.82) is 0 Å². The zero-order chi connectivity index (χ0) is 18.9. The maximum atomic E-state index is 12.4. The van der Waals surface area contributed by atoms with Crippen LogP contribution < -0.4 is 9.64 Å². The minimum Gasteiger partial charge on any atom is -0.494 e. The van der Waals surface area contributed by atoms with E-state index in [2.05, 4.69) is 6.92 Å². The molecule has 0 N–H and O–H groups in total. The van der Waals surface area contributed by atoms with Crippen LogP contribution >= 0.6 is 0 Å². The van der Waals surface area contributed by atoms with Crippen LogP contribution in [0.25, 0.3) is 0 Å². The number of methoxy groups -OCH3 is 2. The molecule has 1 aliphatic rings. The fraction of sp³-hybridized carbons (Fsp3) is 0.300. The Morgan fingerprint density at radius 1 is 1.08 bits per heavy atom. The van der Waals surface area contributed by atoms with Crippen molar-refractivity contribution < 1.29 is 23.8 Å². The Balaban J connectivity index is 2.46. The van der Waals surface area contributed by atoms with Gasteiger partial charge in [-0.1, -0.05) is 25.5 Å². The van der Waals surface area contributed by atoms with Gasteiger partial charge in [-0.3, -0.25) is 0 Å². The molecule has 1 heterocycles. The van der Waals surface area contributed by atoms with E-state index in [4.69, 9.17) is 14.2 Å². The summed E-state index contributed by atoms with van der Waals surface area (Å²) in [5, 5.41) is 0. The van der Waals surface area contributed by atoms with Gasteiger partial charge in [0, 0.05) is 18.0 Å². The number of allylic oxidation sites excluding steroid dienone is 2. The summed E-state index contributed by atoms with van der Waals surface area (Å²) in [6, 6.07) is 7.31. The summed E-state index contributed by atoms with van der Waals surface area (Å²) in [6.07, 6.45) is 8.59. The van der Waals surface area contributed by atoms with Gasteiger partial charge in [-0.15, -0.1) is 0 Å². The minimum atomic E-state index is -0.640. The predicted octanol–water partition coefficient (Wildman–Crippen LogP) is 3.36. The normalized spacial score (nSPS) is 13.4. The molecule has 1 aromatic rings. The lowest BCUT2D eigenvalue weighted by Gasteiger charge is -2.23. The zero-order valence-electron chi connectivity index (χ0n) is 15.2. The van der Waals surface area contributed by atoms with Crippen LogP contribution in [0.15, 0.2) is 60.0 Å². The number of esters is 2. The summed E-state index contributed by atoms with van der Waals surface area (Å²) in [6.45, 7) is 2.71. The van der Waals surface area contributed by atoms with Gasteiger partial charge in [-0.05, 0) is 30.7 Å². The minimum absolute atomic E-state index is 0.0788. The van der Waals surface area contributed by atoms with Gasteiger partial charge in [0.15, 0.2) is 0 Å². The Kier molecular flexibility index (Phi) is 7.02. The van der Waals surface area contributed by atoms with E-state index in [0.717, 1.165) is 12.8 Å². The van der Waals surface area contributed by atoms with Gasteiger partial charge in [-0.2, -0.15) is 0 Å². The molecule has 1 aliphatic heterocycles. The summed E-state index contributed by atoms with van der Waals surface area (Å²) in [4.78, 5) is 26.1. The topological polar surface area (TPSA) is 65.1 Å². The lowest BCUT2D eigenvalue weighted by molar-refractivity contribution is -0.139. The summed E-state index contributed by atoms with van der Waals surface area (Å²) < 4.78 is 15.4. The number of rotatable bonds is 7. The van der Waals surface area contributed by atoms with E-state index in [1.54, 1.807) is 23.3 Å². The third kappa shape index (κ3) is 4.53. The molecule has 0 spiro atoms. The molecule has 2 rings (SSSR count). The molecular formula is C20H23NO5. The highest BCUT2D eigenvalue weighted by molar-refractivity contribution is 6.05. The van der Waals surface area contributed by atoms with Crippen LogP contribution in [0.1, 0.15) is 19.8 Å². The lowest BCUT2D eigenvalue weighted by Crippen LogP contribution is -2.26. The Hall–Kier alpha value is -3.02. The van der Waals surface area contributed by atoms with Crippen molar-refractivity contribution in [3.05, 3.63) is 60.0 Å². The zero-order valence-corrected chi connectivity index (χ0v) is 15.2. The number of unbranched alkanes of at least 4 members (excludes halogenated alkanes) is 1. The Bertz CT molecular complexity index is 748. The van der Waals surface area contributed by atoms with Crippen LogP contribution in [0.3, 0.4) is 0 Å². The van der Waals surface area contributed by atoms with Crippen molar-refractivity contribution in [1.82, 2.24) is 0 Å². The second kappa shape index (κ2) is 9.46. The second-order valence-corrected chi connectivity index (χ2v) is 5.52. The molecule has 0 atom stereocenters. The van der Waals surface area contributed by atoms with E-state index in [1.807, 2.05) is 24.3 Å². The van der Waals surface area contributed by atoms with Crippen molar-refractivity contribution in [2.24, 2.45) is 0 Å². The first-order chi connectivity index (χ1) is 12.6. The third-order valence-corrected chi connectivity index (χ3v) is 3.75. The monoisotopic (exact) mass is 357 g/mol. The van der Waals surface area contributed by atoms with Gasteiger partial charge in [0.05, 0.1) is 26.4 Å². The lowest BCUT2D eigenvalue weighted by atomic mass is 10.1. The van der Waals surface area contributed by atoms with Gasteiger partial charge in [0.25, 0.3) is 0 Å². The highest BCUT2D eigenvalue weighted by Gasteiger charge is 2.27. The highest BCUT2D eigenvalue weighted by atomic mass is 16.5. The number of ether oxygens (including phenoxy) is 3. The summed E-state index contributed by atoms with van der Waals surface area (Å²) in [7, 11) is 2.54. The molecule has 6 nitrogen and oxygen atoms in total. The average Bonchev–Trinajstić information content (AvgIpc) is 2.90. The average molecular weight is 357 g/mol. The first-order valence-electron chi connectivity index (χ1n) is 8.40. The number of hydrogen-bond donors (Lipinski definition) is 0. The van der Waals surface area contributed by atoms with Crippen molar-refractivity contribution in [2.45, 2.75) is 19.8 Å². The summed E-state index contributed by atoms with van der Waals surface area (Å²) in [5.74, 6) is -0.574. The van der Waals surface area contributed by atoms with Crippen molar-refractivity contribution in [3.63, 3.8) is 0 Å². The van der Waals surface area contributed by atoms with Crippen LogP contribution in [-0.2, 0) is 19.1 Å². The molecule has 6 heteroatoms. The number of anilines is 1. The van der Waals surface area contributed by atoms with Crippen molar-refractivity contribution >= 4 is 17.6 Å². The number of benzene rings is 1. The first-order valence-corrected chi connectivity index (χ1v) is 8.40. The fourth-order valence-electron chi connectivity index (χ4n) is 2.42. The van der Waals surface area contributed by atoms with Gasteiger partial charge in [0.2, 0.25) is 0 Å². The van der Waals surface area contributed by atoms with Crippen molar-refractivity contribution in [3.8, 4) is 5.75 Å². The molecule has 1 aromatic carbocycles. The van der Waals surface area contributed by atoms with E-state index < -0.39 is 11.9 Å². The van der Waals surface area contributed by atoms with Crippen molar-refractivity contribution in [2.75, 3.05) is 25.7 Å². The molecule has 0 bridgehead atoms. The third-order valence-electron chi connectivity index (χ3n) is 3.75. The maximum Gasteiger partial charge on any atom is 0.355 e. The first kappa shape index (κ1) is 19.3. The molecule has 0 saturated carbocycles. The molecule has 0 aliphatic carbocycles. The van der Waals surface area contributed by atoms with E-state index in [0.29, 0.717) is 18.0 Å². The Labute approximate surface area is 153 Å². The van der Waals surface area contributed by atoms with Crippen LogP contribution in [0.2, 0.25) is 0 Å². The molecule has 0 aromatic heterocycles. The standard InChI is InChI=1S/C20H23NO5/c1-4-5-13-26-16-10-8-9-15(14-16)21-12-7-6-11-17(19(22)24-2)18(21)20(23)25-3/h6-12,14H,4-5,13H2,1-3H3. The predicted molar refractivity (Wildman–Crippen MR) is 98.7 cm³/mol. The van der Waals surface area contributed by atoms with Gasteiger partial charge in [-0.25, -0.2) is 9.59 Å². The second-order valence-electron chi connectivity index (χ2n) is 5.52. The Morgan fingerprint density at radius 2 is 1.85 bits per heavy atom. The molecule has 0 amide bonds. The van der Waals surface area contributed by atoms with E-state index in [1.165, 1.54) is 20.3 Å². The molecule has 138 valence electrons. The SMILES string of the molecule is CCCCOc1cccc(N2C=CC=CC(C(=O)OC)=C2C(=O)OC)c1. The summed E-state index contributed by atoms with van der Waals surface area (Å²) in [5.41, 5.74) is 0.859. The van der Waals surface area contributed by atoms with Gasteiger partial charge >= 0.3 is 11.9 Å². The number of carbonyl (C=O) groups is 2. The molecule has 26 heavy (non-hydrogen) atoms. The number of hydrogen-bond acceptors (Lipinski definition) is 6. The smallest absolute Gasteiger partial charge is 0.355 e. The van der Waals surface area contributed by atoms with Crippen LogP contribution in [0.5, 0.6) is 5.75 Å². The quantitative estimate of drug-likeness (QED) is 0.551. The molecule has 0 unspecified atom stereocenters. The van der Waals surface area contributed by atoms with Crippen LogP contribution in [0.4, 0.5) is 5.69 Å². The molecule has 0 radical (unpaired) electrons. The molecule has 0 fully saturated rings. The van der Waals surface area contributed by atoms with Crippen LogP contribution in [-0.4, -0.2) is 32.8 Å². The highest BCUT2D eigenvalue weighted by Crippen LogP contribution is 2.29. The molecular weight excluding hydrogens is 334 g/mol. The van der Waals surface area contributed by atoms with E-state index in [-0.39, 0.29) is 11.3 Å². The fourth-order valence-corrected chi connectivity index (χ4v) is 2.42. The summed E-state index contributed by atoms with van der Waals surface area (Å²) >= 11 is 0. The van der Waals surface area contributed by atoms with Gasteiger partial charge < -0.3 is 19.1 Å². The maximum absolute atomic E-state index is 12.4. The van der Waals surface area contributed by atoms with E-state index >= 15 is 0 Å². The van der Waals surface area contributed by atoms with Gasteiger partial charge in [0.1, 0.15) is 11.4 Å². The Morgan fingerprint density at radius 3 is 2.54 bits per heavy atom. The van der Waals surface area contributed by atoms with Crippen LogP contribution in [0, 0.1) is 0 Å².